The molecule has 1 atom stereocenters. The fourth-order valence-electron chi connectivity index (χ4n) is 2.41. The van der Waals surface area contributed by atoms with Crippen molar-refractivity contribution in [3.63, 3.8) is 0 Å². The van der Waals surface area contributed by atoms with Gasteiger partial charge >= 0.3 is 5.97 Å². The van der Waals surface area contributed by atoms with Gasteiger partial charge < -0.3 is 15.0 Å². The Morgan fingerprint density at radius 1 is 1.28 bits per heavy atom. The highest BCUT2D eigenvalue weighted by Crippen LogP contribution is 2.20. The second kappa shape index (κ2) is 7.10. The molecule has 0 spiro atoms. The molecule has 0 aromatic heterocycles. The van der Waals surface area contributed by atoms with Crippen molar-refractivity contribution in [2.75, 3.05) is 33.3 Å². The standard InChI is InChI=1S/C14H28N2O2/c1-14(2,3)12(13(17)18-4)15-8-11-16-9-6-5-7-10-16/h12,15H,5-11H2,1-4H3/t12-/m0/s1. The molecule has 1 fully saturated rings. The summed E-state index contributed by atoms with van der Waals surface area (Å²) < 4.78 is 4.87. The first-order valence-electron chi connectivity index (χ1n) is 6.98. The molecule has 4 nitrogen and oxygen atoms in total. The van der Waals surface area contributed by atoms with Gasteiger partial charge in [-0.25, -0.2) is 0 Å². The van der Waals surface area contributed by atoms with E-state index in [0.29, 0.717) is 0 Å². The lowest BCUT2D eigenvalue weighted by Gasteiger charge is -2.31. The minimum Gasteiger partial charge on any atom is -0.468 e. The molecule has 1 aliphatic rings. The predicted octanol–water partition coefficient (Wildman–Crippen LogP) is 1.65. The van der Waals surface area contributed by atoms with Gasteiger partial charge in [0, 0.05) is 13.1 Å². The molecular weight excluding hydrogens is 228 g/mol. The highest BCUT2D eigenvalue weighted by Gasteiger charge is 2.31. The van der Waals surface area contributed by atoms with Gasteiger partial charge in [0.25, 0.3) is 0 Å². The Balaban J connectivity index is 2.35. The number of carbonyl (C=O) groups is 1. The van der Waals surface area contributed by atoms with Crippen molar-refractivity contribution in [2.45, 2.75) is 46.1 Å². The Hall–Kier alpha value is -0.610. The molecule has 1 rings (SSSR count). The van der Waals surface area contributed by atoms with Gasteiger partial charge in [-0.1, -0.05) is 27.2 Å². The first-order chi connectivity index (χ1) is 8.45. The third kappa shape index (κ3) is 4.94. The molecule has 4 heteroatoms. The summed E-state index contributed by atoms with van der Waals surface area (Å²) >= 11 is 0. The normalized spacial score (nSPS) is 19.6. The zero-order valence-corrected chi connectivity index (χ0v) is 12.3. The minimum absolute atomic E-state index is 0.116. The maximum Gasteiger partial charge on any atom is 0.323 e. The van der Waals surface area contributed by atoms with E-state index in [0.717, 1.165) is 13.1 Å². The van der Waals surface area contributed by atoms with Crippen molar-refractivity contribution in [1.29, 1.82) is 0 Å². The zero-order chi connectivity index (χ0) is 13.6. The zero-order valence-electron chi connectivity index (χ0n) is 12.3. The molecule has 106 valence electrons. The average Bonchev–Trinajstić information content (AvgIpc) is 2.33. The fourth-order valence-corrected chi connectivity index (χ4v) is 2.41. The molecule has 18 heavy (non-hydrogen) atoms. The van der Waals surface area contributed by atoms with E-state index in [1.54, 1.807) is 0 Å². The van der Waals surface area contributed by atoms with Gasteiger partial charge in [-0.15, -0.1) is 0 Å². The highest BCUT2D eigenvalue weighted by atomic mass is 16.5. The SMILES string of the molecule is COC(=O)[C@H](NCCN1CCCCC1)C(C)(C)C. The van der Waals surface area contributed by atoms with Crippen molar-refractivity contribution in [3.8, 4) is 0 Å². The number of likely N-dealkylation sites (tertiary alicyclic amines) is 1. The van der Waals surface area contributed by atoms with Crippen molar-refractivity contribution < 1.29 is 9.53 Å². The van der Waals surface area contributed by atoms with Gasteiger partial charge in [-0.05, 0) is 31.3 Å². The van der Waals surface area contributed by atoms with Crippen molar-refractivity contribution in [1.82, 2.24) is 10.2 Å². The van der Waals surface area contributed by atoms with Gasteiger partial charge in [0.2, 0.25) is 0 Å². The Labute approximate surface area is 111 Å². The summed E-state index contributed by atoms with van der Waals surface area (Å²) in [6, 6.07) is -0.229. The Morgan fingerprint density at radius 2 is 1.89 bits per heavy atom. The number of esters is 1. The third-order valence-electron chi connectivity index (χ3n) is 3.53. The summed E-state index contributed by atoms with van der Waals surface area (Å²) in [7, 11) is 1.45. The van der Waals surface area contributed by atoms with Crippen LogP contribution in [-0.2, 0) is 9.53 Å². The summed E-state index contributed by atoms with van der Waals surface area (Å²) in [4.78, 5) is 14.2. The lowest BCUT2D eigenvalue weighted by Crippen LogP contribution is -2.49. The Kier molecular flexibility index (Phi) is 6.09. The fraction of sp³-hybridized carbons (Fsp3) is 0.929. The number of hydrogen-bond acceptors (Lipinski definition) is 4. The van der Waals surface area contributed by atoms with Crippen LogP contribution in [0.2, 0.25) is 0 Å². The minimum atomic E-state index is -0.229. The predicted molar refractivity (Wildman–Crippen MR) is 73.6 cm³/mol. The summed E-state index contributed by atoms with van der Waals surface area (Å²) in [5, 5.41) is 3.34. The maximum atomic E-state index is 11.7. The van der Waals surface area contributed by atoms with E-state index in [-0.39, 0.29) is 17.4 Å². The van der Waals surface area contributed by atoms with E-state index in [9.17, 15) is 4.79 Å². The van der Waals surface area contributed by atoms with Crippen LogP contribution in [0.3, 0.4) is 0 Å². The molecule has 1 aliphatic heterocycles. The van der Waals surface area contributed by atoms with E-state index in [2.05, 4.69) is 31.0 Å². The molecule has 1 N–H and O–H groups in total. The van der Waals surface area contributed by atoms with Crippen LogP contribution in [0.1, 0.15) is 40.0 Å². The van der Waals surface area contributed by atoms with E-state index in [1.807, 2.05) is 0 Å². The van der Waals surface area contributed by atoms with Crippen LogP contribution >= 0.6 is 0 Å². The summed E-state index contributed by atoms with van der Waals surface area (Å²) in [6.45, 7) is 10.4. The number of methoxy groups -OCH3 is 1. The highest BCUT2D eigenvalue weighted by molar-refractivity contribution is 5.76. The number of carbonyl (C=O) groups excluding carboxylic acids is 1. The Bertz CT molecular complexity index is 255. The van der Waals surface area contributed by atoms with Gasteiger partial charge in [0.15, 0.2) is 0 Å². The molecule has 0 aromatic carbocycles. The molecular formula is C14H28N2O2. The number of nitrogens with zero attached hydrogens (tertiary/aromatic N) is 1. The van der Waals surface area contributed by atoms with E-state index >= 15 is 0 Å². The number of hydrogen-bond donors (Lipinski definition) is 1. The van der Waals surface area contributed by atoms with Gasteiger partial charge in [-0.3, -0.25) is 4.79 Å². The summed E-state index contributed by atoms with van der Waals surface area (Å²) in [6.07, 6.45) is 3.97. The molecule has 0 unspecified atom stereocenters. The molecule has 0 aromatic rings. The number of rotatable bonds is 5. The lowest BCUT2D eigenvalue weighted by molar-refractivity contribution is -0.146. The van der Waals surface area contributed by atoms with Crippen molar-refractivity contribution >= 4 is 5.97 Å². The van der Waals surface area contributed by atoms with Gasteiger partial charge in [-0.2, -0.15) is 0 Å². The smallest absolute Gasteiger partial charge is 0.323 e. The molecule has 0 radical (unpaired) electrons. The lowest BCUT2D eigenvalue weighted by atomic mass is 9.87. The van der Waals surface area contributed by atoms with Gasteiger partial charge in [0.1, 0.15) is 6.04 Å². The van der Waals surface area contributed by atoms with Crippen molar-refractivity contribution in [2.24, 2.45) is 5.41 Å². The molecule has 0 bridgehead atoms. The van der Waals surface area contributed by atoms with Crippen LogP contribution in [-0.4, -0.2) is 50.2 Å². The molecule has 0 amide bonds. The number of ether oxygens (including phenoxy) is 1. The second-order valence-corrected chi connectivity index (χ2v) is 6.18. The largest absolute Gasteiger partial charge is 0.468 e. The topological polar surface area (TPSA) is 41.6 Å². The van der Waals surface area contributed by atoms with Crippen LogP contribution < -0.4 is 5.32 Å². The number of piperidine rings is 1. The van der Waals surface area contributed by atoms with Crippen molar-refractivity contribution in [3.05, 3.63) is 0 Å². The van der Waals surface area contributed by atoms with Crippen LogP contribution in [0.15, 0.2) is 0 Å². The number of nitrogens with one attached hydrogen (secondary N) is 1. The Morgan fingerprint density at radius 3 is 2.39 bits per heavy atom. The van der Waals surface area contributed by atoms with E-state index in [1.165, 1.54) is 39.5 Å². The third-order valence-corrected chi connectivity index (χ3v) is 3.53. The van der Waals surface area contributed by atoms with E-state index < -0.39 is 0 Å². The summed E-state index contributed by atoms with van der Waals surface area (Å²) in [5.74, 6) is -0.166. The molecule has 0 saturated carbocycles. The summed E-state index contributed by atoms with van der Waals surface area (Å²) in [5.41, 5.74) is -0.116. The molecule has 0 aliphatic carbocycles. The monoisotopic (exact) mass is 256 g/mol. The average molecular weight is 256 g/mol. The van der Waals surface area contributed by atoms with Crippen LogP contribution in [0.4, 0.5) is 0 Å². The molecule has 1 heterocycles. The second-order valence-electron chi connectivity index (χ2n) is 6.18. The quantitative estimate of drug-likeness (QED) is 0.760. The van der Waals surface area contributed by atoms with Crippen LogP contribution in [0, 0.1) is 5.41 Å². The van der Waals surface area contributed by atoms with Crippen LogP contribution in [0.25, 0.3) is 0 Å². The molecule has 1 saturated heterocycles. The van der Waals surface area contributed by atoms with E-state index in [4.69, 9.17) is 4.74 Å². The maximum absolute atomic E-state index is 11.7. The first kappa shape index (κ1) is 15.4. The first-order valence-corrected chi connectivity index (χ1v) is 6.98. The van der Waals surface area contributed by atoms with Crippen LogP contribution in [0.5, 0.6) is 0 Å². The van der Waals surface area contributed by atoms with Gasteiger partial charge in [0.05, 0.1) is 7.11 Å².